The van der Waals surface area contributed by atoms with Crippen LogP contribution in [0.5, 0.6) is 0 Å². The molecule has 1 aliphatic rings. The lowest BCUT2D eigenvalue weighted by Gasteiger charge is -2.14. The summed E-state index contributed by atoms with van der Waals surface area (Å²) in [7, 11) is 0. The van der Waals surface area contributed by atoms with E-state index in [0.717, 1.165) is 25.2 Å². The molecule has 1 fully saturated rings. The van der Waals surface area contributed by atoms with Crippen LogP contribution < -0.4 is 10.6 Å². The number of hydrogen-bond donors (Lipinski definition) is 2. The Balaban J connectivity index is 1.59. The molecule has 1 saturated heterocycles. The Bertz CT molecular complexity index is 734. The molecule has 1 aromatic heterocycles. The fourth-order valence-electron chi connectivity index (χ4n) is 2.86. The lowest BCUT2D eigenvalue weighted by molar-refractivity contribution is 0.337. The van der Waals surface area contributed by atoms with E-state index in [1.54, 1.807) is 12.1 Å². The van der Waals surface area contributed by atoms with Gasteiger partial charge in [0.1, 0.15) is 17.7 Å². The number of anilines is 3. The highest BCUT2D eigenvalue weighted by molar-refractivity contribution is 6.30. The Hall–Kier alpha value is -2.36. The molecule has 0 bridgehead atoms. The molecule has 130 valence electrons. The van der Waals surface area contributed by atoms with Gasteiger partial charge < -0.3 is 15.5 Å². The van der Waals surface area contributed by atoms with E-state index in [4.69, 9.17) is 16.9 Å². The van der Waals surface area contributed by atoms with Crippen LogP contribution in [0.15, 0.2) is 30.3 Å². The van der Waals surface area contributed by atoms with Gasteiger partial charge in [-0.1, -0.05) is 11.6 Å². The van der Waals surface area contributed by atoms with Crippen molar-refractivity contribution in [1.82, 2.24) is 14.9 Å². The summed E-state index contributed by atoms with van der Waals surface area (Å²) in [5, 5.41) is 16.3. The molecule has 2 N–H and O–H groups in total. The zero-order valence-corrected chi connectivity index (χ0v) is 14.8. The molecular formula is C18H21ClN6. The molecule has 0 spiro atoms. The minimum Gasteiger partial charge on any atom is -0.370 e. The van der Waals surface area contributed by atoms with Crippen molar-refractivity contribution in [2.45, 2.75) is 19.3 Å². The molecule has 0 saturated carbocycles. The molecule has 0 radical (unpaired) electrons. The van der Waals surface area contributed by atoms with Crippen LogP contribution in [0.2, 0.25) is 5.02 Å². The van der Waals surface area contributed by atoms with Crippen molar-refractivity contribution in [2.24, 2.45) is 0 Å². The number of halogens is 1. The van der Waals surface area contributed by atoms with E-state index in [2.05, 4.69) is 25.5 Å². The molecule has 2 heterocycles. The third-order valence-electron chi connectivity index (χ3n) is 4.10. The summed E-state index contributed by atoms with van der Waals surface area (Å²) >= 11 is 5.90. The molecule has 0 unspecified atom stereocenters. The van der Waals surface area contributed by atoms with Crippen molar-refractivity contribution < 1.29 is 0 Å². The van der Waals surface area contributed by atoms with Crippen LogP contribution in [0.25, 0.3) is 0 Å². The van der Waals surface area contributed by atoms with Gasteiger partial charge in [-0.2, -0.15) is 5.26 Å². The highest BCUT2D eigenvalue weighted by Gasteiger charge is 2.10. The van der Waals surface area contributed by atoms with Gasteiger partial charge in [-0.25, -0.2) is 9.97 Å². The Kier molecular flexibility index (Phi) is 6.04. The van der Waals surface area contributed by atoms with Crippen LogP contribution >= 0.6 is 11.6 Å². The first kappa shape index (κ1) is 17.5. The number of nitrogens with zero attached hydrogens (tertiary/aromatic N) is 4. The number of hydrogen-bond acceptors (Lipinski definition) is 6. The molecule has 1 aliphatic heterocycles. The summed E-state index contributed by atoms with van der Waals surface area (Å²) in [5.41, 5.74) is 0.854. The molecule has 1 aromatic carbocycles. The van der Waals surface area contributed by atoms with Crippen molar-refractivity contribution in [3.8, 4) is 6.07 Å². The fourth-order valence-corrected chi connectivity index (χ4v) is 2.98. The summed E-state index contributed by atoms with van der Waals surface area (Å²) in [6, 6.07) is 11.1. The molecule has 7 heteroatoms. The highest BCUT2D eigenvalue weighted by atomic mass is 35.5. The van der Waals surface area contributed by atoms with Crippen LogP contribution in [0.1, 0.15) is 25.1 Å². The number of benzene rings is 1. The maximum atomic E-state index is 9.15. The minimum absolute atomic E-state index is 0.140. The normalized spacial score (nSPS) is 14.2. The van der Waals surface area contributed by atoms with Gasteiger partial charge in [0, 0.05) is 23.3 Å². The zero-order chi connectivity index (χ0) is 17.5. The van der Waals surface area contributed by atoms with Crippen molar-refractivity contribution in [2.75, 3.05) is 36.8 Å². The van der Waals surface area contributed by atoms with E-state index in [0.29, 0.717) is 16.7 Å². The highest BCUT2D eigenvalue weighted by Crippen LogP contribution is 2.19. The zero-order valence-electron chi connectivity index (χ0n) is 14.0. The number of nitrogens with one attached hydrogen (secondary N) is 2. The third-order valence-corrected chi connectivity index (χ3v) is 4.35. The molecule has 3 rings (SSSR count). The lowest BCUT2D eigenvalue weighted by atomic mass is 10.3. The van der Waals surface area contributed by atoms with Crippen molar-refractivity contribution in [3.05, 3.63) is 41.2 Å². The predicted octanol–water partition coefficient (Wildman–Crippen LogP) is 3.64. The van der Waals surface area contributed by atoms with Gasteiger partial charge in [0.05, 0.1) is 0 Å². The Morgan fingerprint density at radius 1 is 1.12 bits per heavy atom. The Morgan fingerprint density at radius 3 is 2.56 bits per heavy atom. The summed E-state index contributed by atoms with van der Waals surface area (Å²) in [4.78, 5) is 10.9. The molecule has 25 heavy (non-hydrogen) atoms. The van der Waals surface area contributed by atoms with E-state index in [-0.39, 0.29) is 5.82 Å². The van der Waals surface area contributed by atoms with E-state index in [1.807, 2.05) is 24.3 Å². The van der Waals surface area contributed by atoms with Gasteiger partial charge in [0.25, 0.3) is 0 Å². The van der Waals surface area contributed by atoms with Crippen LogP contribution in [0, 0.1) is 11.3 Å². The summed E-state index contributed by atoms with van der Waals surface area (Å²) < 4.78 is 0. The monoisotopic (exact) mass is 356 g/mol. The van der Waals surface area contributed by atoms with Crippen molar-refractivity contribution in [3.63, 3.8) is 0 Å². The maximum Gasteiger partial charge on any atom is 0.236 e. The lowest BCUT2D eigenvalue weighted by Crippen LogP contribution is -2.22. The smallest absolute Gasteiger partial charge is 0.236 e. The van der Waals surface area contributed by atoms with Gasteiger partial charge in [0.2, 0.25) is 5.82 Å². The van der Waals surface area contributed by atoms with Gasteiger partial charge in [-0.05, 0) is 63.2 Å². The number of rotatable bonds is 7. The van der Waals surface area contributed by atoms with Crippen molar-refractivity contribution >= 4 is 28.9 Å². The second kappa shape index (κ2) is 8.65. The number of nitriles is 1. The number of aromatic nitrogens is 2. The molecule has 2 aromatic rings. The second-order valence-electron chi connectivity index (χ2n) is 6.03. The molecule has 0 aliphatic carbocycles. The molecular weight excluding hydrogens is 336 g/mol. The summed E-state index contributed by atoms with van der Waals surface area (Å²) in [5.74, 6) is 1.38. The largest absolute Gasteiger partial charge is 0.370 e. The van der Waals surface area contributed by atoms with Gasteiger partial charge in [-0.15, -0.1) is 0 Å². The van der Waals surface area contributed by atoms with Crippen molar-refractivity contribution in [1.29, 1.82) is 5.26 Å². The van der Waals surface area contributed by atoms with Crippen LogP contribution in [-0.2, 0) is 0 Å². The molecule has 6 nitrogen and oxygen atoms in total. The average molecular weight is 357 g/mol. The molecule has 0 amide bonds. The molecule has 0 atom stereocenters. The average Bonchev–Trinajstić information content (AvgIpc) is 3.14. The topological polar surface area (TPSA) is 76.9 Å². The predicted molar refractivity (Wildman–Crippen MR) is 100 cm³/mol. The fraction of sp³-hybridized carbons (Fsp3) is 0.389. The first-order valence-electron chi connectivity index (χ1n) is 8.51. The van der Waals surface area contributed by atoms with E-state index in [9.17, 15) is 0 Å². The second-order valence-corrected chi connectivity index (χ2v) is 6.47. The van der Waals surface area contributed by atoms with Gasteiger partial charge in [0.15, 0.2) is 0 Å². The quantitative estimate of drug-likeness (QED) is 0.737. The maximum absolute atomic E-state index is 9.15. The van der Waals surface area contributed by atoms with Crippen LogP contribution in [0.3, 0.4) is 0 Å². The SMILES string of the molecule is N#Cc1nc(NCCCN2CCCC2)cc(Nc2ccc(Cl)cc2)n1. The van der Waals surface area contributed by atoms with Gasteiger partial charge >= 0.3 is 0 Å². The minimum atomic E-state index is 0.140. The van der Waals surface area contributed by atoms with Crippen LogP contribution in [0.4, 0.5) is 17.3 Å². The van der Waals surface area contributed by atoms with E-state index in [1.165, 1.54) is 25.9 Å². The van der Waals surface area contributed by atoms with E-state index >= 15 is 0 Å². The standard InChI is InChI=1S/C18H21ClN6/c19-14-4-6-15(7-5-14)22-17-12-16(23-18(13-20)24-17)21-8-3-11-25-9-1-2-10-25/h4-7,12H,1-3,8-11H2,(H2,21,22,23,24). The van der Waals surface area contributed by atoms with E-state index < -0.39 is 0 Å². The Labute approximate surface area is 152 Å². The first-order valence-corrected chi connectivity index (χ1v) is 8.89. The van der Waals surface area contributed by atoms with Gasteiger partial charge in [-0.3, -0.25) is 0 Å². The Morgan fingerprint density at radius 2 is 1.84 bits per heavy atom. The third kappa shape index (κ3) is 5.31. The number of likely N-dealkylation sites (tertiary alicyclic amines) is 1. The first-order chi connectivity index (χ1) is 12.2. The summed E-state index contributed by atoms with van der Waals surface area (Å²) in [6.07, 6.45) is 3.67. The summed E-state index contributed by atoms with van der Waals surface area (Å²) in [6.45, 7) is 4.33. The van der Waals surface area contributed by atoms with Crippen LogP contribution in [-0.4, -0.2) is 41.0 Å².